The van der Waals surface area contributed by atoms with E-state index in [-0.39, 0.29) is 0 Å². The van der Waals surface area contributed by atoms with Crippen molar-refractivity contribution in [2.24, 2.45) is 0 Å². The van der Waals surface area contributed by atoms with Gasteiger partial charge in [0.05, 0.1) is 12.2 Å². The smallest absolute Gasteiger partial charge is 0.231 e. The van der Waals surface area contributed by atoms with Gasteiger partial charge in [0.25, 0.3) is 0 Å². The summed E-state index contributed by atoms with van der Waals surface area (Å²) in [6.45, 7) is 10.5. The van der Waals surface area contributed by atoms with Gasteiger partial charge in [-0.05, 0) is 43.9 Å². The summed E-state index contributed by atoms with van der Waals surface area (Å²) in [5.74, 6) is 1.75. The second kappa shape index (κ2) is 11.8. The minimum Gasteiger partial charge on any atom is -0.454 e. The number of fused-ring (bicyclic) bond motifs is 1. The molecule has 2 atom stereocenters. The number of quaternary nitrogens is 1. The number of hydrogen-bond donors (Lipinski definition) is 0. The van der Waals surface area contributed by atoms with E-state index in [1.165, 1.54) is 62.5 Å². The summed E-state index contributed by atoms with van der Waals surface area (Å²) >= 11 is 0. The molecule has 0 amide bonds. The van der Waals surface area contributed by atoms with Crippen LogP contribution in [-0.4, -0.2) is 29.3 Å². The minimum atomic E-state index is 0.321. The molecule has 34 heavy (non-hydrogen) atoms. The average molecular weight is 464 g/mol. The molecule has 4 rings (SSSR count). The Morgan fingerprint density at radius 3 is 2.38 bits per heavy atom. The lowest BCUT2D eigenvalue weighted by molar-refractivity contribution is -0.926. The lowest BCUT2D eigenvalue weighted by atomic mass is 10.1. The molecule has 184 valence electrons. The monoisotopic (exact) mass is 463 g/mol. The number of unbranched alkanes of at least 4 members (excludes halogenated alkanes) is 4. The summed E-state index contributed by atoms with van der Waals surface area (Å²) in [7, 11) is 0. The van der Waals surface area contributed by atoms with Crippen molar-refractivity contribution in [1.29, 1.82) is 0 Å². The van der Waals surface area contributed by atoms with Crippen molar-refractivity contribution >= 4 is 0 Å². The van der Waals surface area contributed by atoms with Gasteiger partial charge in [-0.15, -0.1) is 0 Å². The Balaban J connectivity index is 1.76. The van der Waals surface area contributed by atoms with Crippen LogP contribution in [0.2, 0.25) is 0 Å². The predicted octanol–water partition coefficient (Wildman–Crippen LogP) is 7.77. The number of rotatable bonds is 13. The molecule has 0 aliphatic carbocycles. The molecular formula is C30H43N2O2+. The first-order valence-electron chi connectivity index (χ1n) is 13.5. The molecule has 4 heteroatoms. The summed E-state index contributed by atoms with van der Waals surface area (Å²) in [5, 5.41) is 0. The fraction of sp³-hybridized carbons (Fsp3) is 0.533. The van der Waals surface area contributed by atoms with Gasteiger partial charge in [0.2, 0.25) is 6.79 Å². The zero-order valence-electron chi connectivity index (χ0n) is 21.5. The van der Waals surface area contributed by atoms with Crippen LogP contribution in [0.15, 0.2) is 60.4 Å². The molecule has 0 saturated heterocycles. The van der Waals surface area contributed by atoms with Crippen molar-refractivity contribution in [1.82, 2.24) is 4.90 Å². The highest BCUT2D eigenvalue weighted by Crippen LogP contribution is 2.46. The first kappa shape index (κ1) is 24.7. The Morgan fingerprint density at radius 1 is 0.853 bits per heavy atom. The molecule has 4 nitrogen and oxygen atoms in total. The maximum atomic E-state index is 5.73. The van der Waals surface area contributed by atoms with Gasteiger partial charge in [0.1, 0.15) is 12.7 Å². The van der Waals surface area contributed by atoms with Crippen LogP contribution in [0, 0.1) is 0 Å². The summed E-state index contributed by atoms with van der Waals surface area (Å²) in [6, 6.07) is 17.8. The molecule has 0 saturated carbocycles. The van der Waals surface area contributed by atoms with Crippen molar-refractivity contribution < 1.29 is 14.0 Å². The molecule has 2 unspecified atom stereocenters. The lowest BCUT2D eigenvalue weighted by Crippen LogP contribution is -2.48. The quantitative estimate of drug-likeness (QED) is 0.224. The van der Waals surface area contributed by atoms with E-state index in [0.29, 0.717) is 13.0 Å². The Labute approximate surface area is 206 Å². The van der Waals surface area contributed by atoms with Crippen LogP contribution >= 0.6 is 0 Å². The standard InChI is InChI=1S/C30H43N2O2/c1-4-7-11-16-27-23-32(20-9-6-3,22-25-17-18-28-29(21-25)34-24-33-28)30(31(27)19-8-5-2)26-14-12-10-13-15-26/h10,12-15,17-18,21,23,30H,4-9,11,16,19-20,22,24H2,1-3H3/q+1. The highest BCUT2D eigenvalue weighted by atomic mass is 16.7. The number of benzene rings is 2. The highest BCUT2D eigenvalue weighted by molar-refractivity contribution is 5.44. The molecule has 2 aliphatic rings. The topological polar surface area (TPSA) is 21.7 Å². The third-order valence-electron chi connectivity index (χ3n) is 7.29. The number of ether oxygens (including phenoxy) is 2. The van der Waals surface area contributed by atoms with Gasteiger partial charge in [0.15, 0.2) is 17.7 Å². The number of hydrogen-bond acceptors (Lipinski definition) is 3. The molecule has 0 aromatic heterocycles. The van der Waals surface area contributed by atoms with E-state index in [1.54, 1.807) is 5.70 Å². The molecule has 2 heterocycles. The van der Waals surface area contributed by atoms with Crippen molar-refractivity contribution in [2.45, 2.75) is 84.8 Å². The summed E-state index contributed by atoms with van der Waals surface area (Å²) < 4.78 is 12.3. The van der Waals surface area contributed by atoms with Crippen LogP contribution in [0.1, 0.15) is 89.4 Å². The van der Waals surface area contributed by atoms with Crippen molar-refractivity contribution in [2.75, 3.05) is 19.9 Å². The van der Waals surface area contributed by atoms with Gasteiger partial charge in [0, 0.05) is 17.7 Å². The van der Waals surface area contributed by atoms with E-state index in [9.17, 15) is 0 Å². The number of allylic oxidation sites excluding steroid dienone is 1. The Hall–Kier alpha value is -2.46. The van der Waals surface area contributed by atoms with Gasteiger partial charge in [-0.3, -0.25) is 4.48 Å². The van der Waals surface area contributed by atoms with E-state index in [1.807, 2.05) is 0 Å². The van der Waals surface area contributed by atoms with Gasteiger partial charge < -0.3 is 14.4 Å². The predicted molar refractivity (Wildman–Crippen MR) is 139 cm³/mol. The third-order valence-corrected chi connectivity index (χ3v) is 7.29. The maximum Gasteiger partial charge on any atom is 0.231 e. The lowest BCUT2D eigenvalue weighted by Gasteiger charge is -2.42. The zero-order valence-corrected chi connectivity index (χ0v) is 21.5. The minimum absolute atomic E-state index is 0.321. The van der Waals surface area contributed by atoms with Gasteiger partial charge >= 0.3 is 0 Å². The molecule has 0 fully saturated rings. The number of nitrogens with zero attached hydrogens (tertiary/aromatic N) is 2. The average Bonchev–Trinajstić information content (AvgIpc) is 3.44. The van der Waals surface area contributed by atoms with Gasteiger partial charge in [-0.25, -0.2) is 0 Å². The molecule has 2 aromatic rings. The van der Waals surface area contributed by atoms with Gasteiger partial charge in [-0.1, -0.05) is 76.8 Å². The van der Waals surface area contributed by atoms with Crippen molar-refractivity contribution in [3.8, 4) is 11.5 Å². The van der Waals surface area contributed by atoms with Crippen LogP contribution in [0.3, 0.4) is 0 Å². The first-order valence-corrected chi connectivity index (χ1v) is 13.5. The van der Waals surface area contributed by atoms with Crippen molar-refractivity contribution in [3.05, 3.63) is 71.6 Å². The van der Waals surface area contributed by atoms with E-state index >= 15 is 0 Å². The van der Waals surface area contributed by atoms with Crippen LogP contribution in [0.25, 0.3) is 0 Å². The Bertz CT molecular complexity index is 942. The second-order valence-corrected chi connectivity index (χ2v) is 9.93. The van der Waals surface area contributed by atoms with Gasteiger partial charge in [-0.2, -0.15) is 0 Å². The van der Waals surface area contributed by atoms with Crippen LogP contribution in [0.5, 0.6) is 11.5 Å². The van der Waals surface area contributed by atoms with Crippen LogP contribution < -0.4 is 9.47 Å². The second-order valence-electron chi connectivity index (χ2n) is 9.93. The molecule has 0 N–H and O–H groups in total. The first-order chi connectivity index (χ1) is 16.7. The van der Waals surface area contributed by atoms with E-state index in [4.69, 9.17) is 9.47 Å². The molecule has 0 radical (unpaired) electrons. The molecule has 2 aliphatic heterocycles. The Morgan fingerprint density at radius 2 is 1.62 bits per heavy atom. The molecule has 0 spiro atoms. The fourth-order valence-electron chi connectivity index (χ4n) is 5.57. The molecule has 0 bridgehead atoms. The molecular weight excluding hydrogens is 420 g/mol. The van der Waals surface area contributed by atoms with E-state index < -0.39 is 0 Å². The zero-order chi connectivity index (χ0) is 23.8. The largest absolute Gasteiger partial charge is 0.454 e. The van der Waals surface area contributed by atoms with E-state index in [0.717, 1.165) is 35.6 Å². The maximum absolute atomic E-state index is 5.73. The Kier molecular flexibility index (Phi) is 8.55. The fourth-order valence-corrected chi connectivity index (χ4v) is 5.57. The SMILES string of the molecule is CCCCCC1=C[N+](CCCC)(Cc2ccc3c(c2)OCO3)C(c2ccccc2)N1CCCC. The summed E-state index contributed by atoms with van der Waals surface area (Å²) in [4.78, 5) is 2.76. The normalized spacial score (nSPS) is 21.2. The summed E-state index contributed by atoms with van der Waals surface area (Å²) in [6.07, 6.45) is 12.8. The van der Waals surface area contributed by atoms with Crippen molar-refractivity contribution in [3.63, 3.8) is 0 Å². The van der Waals surface area contributed by atoms with Crippen LogP contribution in [0.4, 0.5) is 0 Å². The highest BCUT2D eigenvalue weighted by Gasteiger charge is 2.47. The molecule has 2 aromatic carbocycles. The third kappa shape index (κ3) is 5.43. The van der Waals surface area contributed by atoms with E-state index in [2.05, 4.69) is 80.4 Å². The van der Waals surface area contributed by atoms with Crippen LogP contribution in [-0.2, 0) is 6.54 Å². The summed E-state index contributed by atoms with van der Waals surface area (Å²) in [5.41, 5.74) is 4.30.